The van der Waals surface area contributed by atoms with E-state index in [9.17, 15) is 14.4 Å². The van der Waals surface area contributed by atoms with Crippen molar-refractivity contribution in [3.8, 4) is 11.9 Å². The van der Waals surface area contributed by atoms with Gasteiger partial charge in [0.2, 0.25) is 17.6 Å². The first kappa shape index (κ1) is 15.6. The number of carbonyl (C=O) groups excluding carboxylic acids is 1. The summed E-state index contributed by atoms with van der Waals surface area (Å²) >= 11 is 0. The van der Waals surface area contributed by atoms with Crippen LogP contribution in [0.15, 0.2) is 35.7 Å². The maximum atomic E-state index is 14.3. The fraction of sp³-hybridized carbons (Fsp3) is 0.188. The lowest BCUT2D eigenvalue weighted by Gasteiger charge is -2.22. The van der Waals surface area contributed by atoms with Gasteiger partial charge in [-0.1, -0.05) is 18.2 Å². The maximum absolute atomic E-state index is 14.3. The highest BCUT2D eigenvalue weighted by molar-refractivity contribution is 5.85. The largest absolute Gasteiger partial charge is 0.460 e. The molecule has 0 spiro atoms. The number of nitrogens with zero attached hydrogens (tertiary/aromatic N) is 2. The number of carbonyl (C=O) groups is 1. The van der Waals surface area contributed by atoms with Gasteiger partial charge < -0.3 is 20.2 Å². The van der Waals surface area contributed by atoms with Gasteiger partial charge in [-0.3, -0.25) is 0 Å². The van der Waals surface area contributed by atoms with E-state index >= 15 is 0 Å². The van der Waals surface area contributed by atoms with Crippen LogP contribution >= 0.6 is 0 Å². The number of nitrogens with one attached hydrogen (secondary N) is 1. The van der Waals surface area contributed by atoms with Crippen molar-refractivity contribution in [2.24, 2.45) is 5.73 Å². The summed E-state index contributed by atoms with van der Waals surface area (Å²) in [7, 11) is 0. The van der Waals surface area contributed by atoms with Crippen LogP contribution in [-0.2, 0) is 4.74 Å². The third-order valence-corrected chi connectivity index (χ3v) is 3.55. The molecule has 0 amide bonds. The average Bonchev–Trinajstić information content (AvgIpc) is 2.98. The number of aromatic amines is 1. The Bertz CT molecular complexity index is 882. The van der Waals surface area contributed by atoms with E-state index in [1.807, 2.05) is 6.07 Å². The number of nitriles is 1. The number of hydrogen-bond acceptors (Lipinski definition) is 6. The molecule has 1 atom stereocenters. The molecule has 0 fully saturated rings. The van der Waals surface area contributed by atoms with Crippen molar-refractivity contribution in [3.05, 3.63) is 58.6 Å². The van der Waals surface area contributed by atoms with Gasteiger partial charge in [-0.25, -0.2) is 9.18 Å². The number of fused-ring (bicyclic) bond motifs is 1. The second-order valence-corrected chi connectivity index (χ2v) is 4.97. The maximum Gasteiger partial charge on any atom is 0.374 e. The molecule has 1 aliphatic heterocycles. The van der Waals surface area contributed by atoms with Gasteiger partial charge in [-0.05, 0) is 13.0 Å². The van der Waals surface area contributed by atoms with Crippen LogP contribution in [0.2, 0.25) is 0 Å². The van der Waals surface area contributed by atoms with Crippen LogP contribution in [0.25, 0.3) is 0 Å². The Kier molecular flexibility index (Phi) is 3.92. The van der Waals surface area contributed by atoms with E-state index in [2.05, 4.69) is 9.97 Å². The van der Waals surface area contributed by atoms with Gasteiger partial charge in [-0.15, -0.1) is 0 Å². The molecule has 1 aliphatic rings. The third-order valence-electron chi connectivity index (χ3n) is 3.55. The third kappa shape index (κ3) is 2.46. The van der Waals surface area contributed by atoms with E-state index in [0.717, 1.165) is 0 Å². The van der Waals surface area contributed by atoms with Gasteiger partial charge in [0.25, 0.3) is 0 Å². The van der Waals surface area contributed by atoms with Crippen molar-refractivity contribution < 1.29 is 18.7 Å². The molecular weight excluding hydrogens is 315 g/mol. The number of ether oxygens (including phenoxy) is 2. The van der Waals surface area contributed by atoms with Crippen molar-refractivity contribution in [2.75, 3.05) is 6.61 Å². The molecule has 0 saturated heterocycles. The molecule has 7 nitrogen and oxygen atoms in total. The highest BCUT2D eigenvalue weighted by Gasteiger charge is 2.36. The summed E-state index contributed by atoms with van der Waals surface area (Å²) in [4.78, 5) is 18.6. The first-order chi connectivity index (χ1) is 11.6. The molecule has 0 radical (unpaired) electrons. The summed E-state index contributed by atoms with van der Waals surface area (Å²) in [6.45, 7) is 1.83. The van der Waals surface area contributed by atoms with Crippen LogP contribution in [0.1, 0.15) is 34.7 Å². The summed E-state index contributed by atoms with van der Waals surface area (Å²) in [5.74, 6) is -2.31. The van der Waals surface area contributed by atoms with Crippen LogP contribution in [0.3, 0.4) is 0 Å². The fourth-order valence-corrected chi connectivity index (χ4v) is 2.53. The Morgan fingerprint density at radius 3 is 2.96 bits per heavy atom. The monoisotopic (exact) mass is 328 g/mol. The van der Waals surface area contributed by atoms with E-state index in [0.29, 0.717) is 0 Å². The first-order valence-corrected chi connectivity index (χ1v) is 7.15. The molecule has 122 valence electrons. The average molecular weight is 328 g/mol. The number of hydrogen-bond donors (Lipinski definition) is 2. The minimum atomic E-state index is -0.851. The van der Waals surface area contributed by atoms with Gasteiger partial charge in [0.05, 0.1) is 18.2 Å². The number of allylic oxidation sites excluding steroid dienone is 1. The lowest BCUT2D eigenvalue weighted by Crippen LogP contribution is -2.21. The Morgan fingerprint density at radius 2 is 2.29 bits per heavy atom. The molecule has 24 heavy (non-hydrogen) atoms. The quantitative estimate of drug-likeness (QED) is 0.832. The Balaban J connectivity index is 2.15. The molecule has 0 saturated carbocycles. The molecule has 8 heteroatoms. The molecule has 1 aromatic heterocycles. The molecule has 1 unspecified atom stereocenters. The molecule has 1 aromatic carbocycles. The highest BCUT2D eigenvalue weighted by atomic mass is 19.1. The zero-order valence-electron chi connectivity index (χ0n) is 12.7. The van der Waals surface area contributed by atoms with E-state index in [4.69, 9.17) is 15.2 Å². The number of esters is 1. The summed E-state index contributed by atoms with van der Waals surface area (Å²) in [5, 5.41) is 9.39. The summed E-state index contributed by atoms with van der Waals surface area (Å²) in [6, 6.07) is 7.92. The number of benzene rings is 1. The molecule has 3 N–H and O–H groups in total. The second kappa shape index (κ2) is 6.04. The molecular formula is C16H13FN4O3. The number of H-pyrrole nitrogens is 1. The zero-order valence-corrected chi connectivity index (χ0v) is 12.7. The smallest absolute Gasteiger partial charge is 0.374 e. The SMILES string of the molecule is CCOC(=O)c1nc2c([nH]1)C(c1ccccc1F)C(C#N)=C(N)O2. The number of imidazole rings is 1. The standard InChI is InChI=1S/C16H13FN4O3/c1-2-23-16(22)14-20-12-11(8-5-3-4-6-10(8)17)9(7-18)13(19)24-15(12)21-14/h3-6,11H,2,19H2,1H3,(H,20,21). The van der Waals surface area contributed by atoms with Crippen LogP contribution in [0.4, 0.5) is 4.39 Å². The van der Waals surface area contributed by atoms with Gasteiger partial charge in [0, 0.05) is 5.56 Å². The van der Waals surface area contributed by atoms with Gasteiger partial charge in [0.1, 0.15) is 17.5 Å². The molecule has 2 aromatic rings. The van der Waals surface area contributed by atoms with E-state index in [-0.39, 0.29) is 41.0 Å². The highest BCUT2D eigenvalue weighted by Crippen LogP contribution is 2.41. The molecule has 0 bridgehead atoms. The van der Waals surface area contributed by atoms with Gasteiger partial charge in [0.15, 0.2) is 0 Å². The van der Waals surface area contributed by atoms with Crippen molar-refractivity contribution in [1.29, 1.82) is 5.26 Å². The summed E-state index contributed by atoms with van der Waals surface area (Å²) in [6.07, 6.45) is 0. The predicted molar refractivity (Wildman–Crippen MR) is 80.2 cm³/mol. The van der Waals surface area contributed by atoms with Crippen LogP contribution < -0.4 is 10.5 Å². The fourth-order valence-electron chi connectivity index (χ4n) is 2.53. The lowest BCUT2D eigenvalue weighted by molar-refractivity contribution is 0.0512. The number of halogens is 1. The summed E-state index contributed by atoms with van der Waals surface area (Å²) in [5.41, 5.74) is 6.30. The van der Waals surface area contributed by atoms with Crippen molar-refractivity contribution in [2.45, 2.75) is 12.8 Å². The van der Waals surface area contributed by atoms with Gasteiger partial charge in [-0.2, -0.15) is 10.2 Å². The Labute approximate surface area is 136 Å². The van der Waals surface area contributed by atoms with E-state index < -0.39 is 17.7 Å². The minimum Gasteiger partial charge on any atom is -0.460 e. The number of aromatic nitrogens is 2. The topological polar surface area (TPSA) is 114 Å². The van der Waals surface area contributed by atoms with Crippen molar-refractivity contribution in [3.63, 3.8) is 0 Å². The van der Waals surface area contributed by atoms with Crippen molar-refractivity contribution in [1.82, 2.24) is 9.97 Å². The molecule has 0 aliphatic carbocycles. The normalized spacial score (nSPS) is 16.1. The first-order valence-electron chi connectivity index (χ1n) is 7.15. The lowest BCUT2D eigenvalue weighted by atomic mass is 9.87. The van der Waals surface area contributed by atoms with Crippen LogP contribution in [0, 0.1) is 17.1 Å². The van der Waals surface area contributed by atoms with E-state index in [1.165, 1.54) is 18.2 Å². The summed E-state index contributed by atoms with van der Waals surface area (Å²) < 4.78 is 24.4. The zero-order chi connectivity index (χ0) is 17.3. The predicted octanol–water partition coefficient (Wildman–Crippen LogP) is 1.94. The second-order valence-electron chi connectivity index (χ2n) is 4.97. The minimum absolute atomic E-state index is 0.0165. The van der Waals surface area contributed by atoms with Crippen LogP contribution in [-0.4, -0.2) is 22.5 Å². The Morgan fingerprint density at radius 1 is 1.54 bits per heavy atom. The van der Waals surface area contributed by atoms with Crippen molar-refractivity contribution >= 4 is 5.97 Å². The number of nitrogens with two attached hydrogens (primary N) is 1. The van der Waals surface area contributed by atoms with E-state index in [1.54, 1.807) is 13.0 Å². The van der Waals surface area contributed by atoms with Gasteiger partial charge >= 0.3 is 5.97 Å². The van der Waals surface area contributed by atoms with Crippen LogP contribution in [0.5, 0.6) is 5.88 Å². The molecule has 3 rings (SSSR count). The molecule has 2 heterocycles. The number of rotatable bonds is 3. The Hall–Kier alpha value is -3.34.